The number of hydrogen-bond donors (Lipinski definition) is 0. The van der Waals surface area contributed by atoms with Gasteiger partial charge in [0.1, 0.15) is 5.03 Å². The van der Waals surface area contributed by atoms with Crippen molar-refractivity contribution in [3.63, 3.8) is 0 Å². The third-order valence-corrected chi connectivity index (χ3v) is 3.96. The zero-order chi connectivity index (χ0) is 19.1. The summed E-state index contributed by atoms with van der Waals surface area (Å²) >= 11 is 0.132. The standard InChI is InChI=1S/C17H15F2NO5S/c1-23-13-6-5-10(8-14(13)24-2)12(21)9-25-16(22)11-4-3-7-20-15(11)26-17(18)19/h3-8,17H,9H2,1-2H3. The largest absolute Gasteiger partial charge is 0.493 e. The van der Waals surface area contributed by atoms with E-state index in [0.29, 0.717) is 11.5 Å². The molecule has 0 saturated carbocycles. The van der Waals surface area contributed by atoms with E-state index in [1.54, 1.807) is 6.07 Å². The molecule has 0 radical (unpaired) electrons. The van der Waals surface area contributed by atoms with Crippen LogP contribution in [0.15, 0.2) is 41.6 Å². The third kappa shape index (κ3) is 4.92. The van der Waals surface area contributed by atoms with Gasteiger partial charge in [-0.3, -0.25) is 4.79 Å². The highest BCUT2D eigenvalue weighted by atomic mass is 32.2. The normalized spacial score (nSPS) is 10.5. The highest BCUT2D eigenvalue weighted by molar-refractivity contribution is 7.99. The zero-order valence-corrected chi connectivity index (χ0v) is 14.7. The summed E-state index contributed by atoms with van der Waals surface area (Å²) in [5.74, 6) is -3.32. The van der Waals surface area contributed by atoms with Crippen LogP contribution in [-0.2, 0) is 4.74 Å². The van der Waals surface area contributed by atoms with Crippen LogP contribution in [-0.4, -0.2) is 43.3 Å². The number of alkyl halides is 2. The van der Waals surface area contributed by atoms with Gasteiger partial charge in [-0.25, -0.2) is 9.78 Å². The number of nitrogens with zero attached hydrogens (tertiary/aromatic N) is 1. The first kappa shape index (κ1) is 19.6. The highest BCUT2D eigenvalue weighted by Crippen LogP contribution is 2.28. The molecule has 2 rings (SSSR count). The summed E-state index contributed by atoms with van der Waals surface area (Å²) in [5.41, 5.74) is 0.127. The highest BCUT2D eigenvalue weighted by Gasteiger charge is 2.19. The van der Waals surface area contributed by atoms with Gasteiger partial charge in [0.25, 0.3) is 5.76 Å². The molecule has 6 nitrogen and oxygen atoms in total. The summed E-state index contributed by atoms with van der Waals surface area (Å²) in [7, 11) is 2.89. The average Bonchev–Trinajstić information content (AvgIpc) is 2.65. The number of rotatable bonds is 8. The van der Waals surface area contributed by atoms with E-state index in [4.69, 9.17) is 14.2 Å². The number of methoxy groups -OCH3 is 2. The number of esters is 1. The van der Waals surface area contributed by atoms with Gasteiger partial charge in [0.2, 0.25) is 0 Å². The van der Waals surface area contributed by atoms with E-state index in [0.717, 1.165) is 0 Å². The first-order chi connectivity index (χ1) is 12.5. The van der Waals surface area contributed by atoms with Crippen molar-refractivity contribution >= 4 is 23.5 Å². The van der Waals surface area contributed by atoms with Crippen molar-refractivity contribution in [2.75, 3.05) is 20.8 Å². The lowest BCUT2D eigenvalue weighted by atomic mass is 10.1. The second kappa shape index (κ2) is 9.14. The minimum atomic E-state index is -2.73. The number of ether oxygens (including phenoxy) is 3. The summed E-state index contributed by atoms with van der Waals surface area (Å²) in [5, 5.41) is -0.161. The number of thioether (sulfide) groups is 1. The molecule has 0 spiro atoms. The fourth-order valence-corrected chi connectivity index (χ4v) is 2.60. The van der Waals surface area contributed by atoms with Crippen LogP contribution < -0.4 is 9.47 Å². The van der Waals surface area contributed by atoms with Gasteiger partial charge in [-0.15, -0.1) is 0 Å². The van der Waals surface area contributed by atoms with E-state index in [1.807, 2.05) is 0 Å². The lowest BCUT2D eigenvalue weighted by molar-refractivity contribution is 0.0470. The molecule has 9 heteroatoms. The van der Waals surface area contributed by atoms with Crippen LogP contribution in [0.3, 0.4) is 0 Å². The molecule has 0 atom stereocenters. The summed E-state index contributed by atoms with van der Waals surface area (Å²) in [4.78, 5) is 28.0. The minimum absolute atomic E-state index is 0.127. The average molecular weight is 383 g/mol. The molecule has 1 aromatic carbocycles. The van der Waals surface area contributed by atoms with Gasteiger partial charge < -0.3 is 14.2 Å². The van der Waals surface area contributed by atoms with Gasteiger partial charge in [0.15, 0.2) is 23.9 Å². The van der Waals surface area contributed by atoms with Gasteiger partial charge >= 0.3 is 5.97 Å². The van der Waals surface area contributed by atoms with E-state index >= 15 is 0 Å². The molecule has 2 aromatic rings. The molecule has 0 amide bonds. The molecule has 1 heterocycles. The molecule has 0 bridgehead atoms. The van der Waals surface area contributed by atoms with Gasteiger partial charge in [0.05, 0.1) is 19.8 Å². The Balaban J connectivity index is 2.07. The summed E-state index contributed by atoms with van der Waals surface area (Å²) in [6.45, 7) is -0.554. The summed E-state index contributed by atoms with van der Waals surface area (Å²) < 4.78 is 40.2. The Bertz CT molecular complexity index is 800. The molecule has 0 aliphatic carbocycles. The Labute approximate surface area is 152 Å². The lowest BCUT2D eigenvalue weighted by Gasteiger charge is -2.10. The van der Waals surface area contributed by atoms with Crippen molar-refractivity contribution in [1.29, 1.82) is 0 Å². The van der Waals surface area contributed by atoms with Crippen LogP contribution >= 0.6 is 11.8 Å². The molecule has 0 saturated heterocycles. The maximum absolute atomic E-state index is 12.5. The Hall–Kier alpha value is -2.68. The van der Waals surface area contributed by atoms with Crippen LogP contribution in [0.4, 0.5) is 8.78 Å². The van der Waals surface area contributed by atoms with E-state index in [-0.39, 0.29) is 27.9 Å². The van der Waals surface area contributed by atoms with Crippen molar-refractivity contribution in [1.82, 2.24) is 4.98 Å². The number of carbonyl (C=O) groups is 2. The fraction of sp³-hybridized carbons (Fsp3) is 0.235. The van der Waals surface area contributed by atoms with Gasteiger partial charge in [0, 0.05) is 11.8 Å². The predicted octanol–water partition coefficient (Wildman–Crippen LogP) is 3.45. The summed E-state index contributed by atoms with van der Waals surface area (Å²) in [6.07, 6.45) is 1.29. The maximum Gasteiger partial charge on any atom is 0.341 e. The van der Waals surface area contributed by atoms with Crippen molar-refractivity contribution in [2.24, 2.45) is 0 Å². The first-order valence-electron chi connectivity index (χ1n) is 7.28. The Morgan fingerprint density at radius 2 is 1.88 bits per heavy atom. The predicted molar refractivity (Wildman–Crippen MR) is 90.3 cm³/mol. The van der Waals surface area contributed by atoms with Gasteiger partial charge in [-0.1, -0.05) is 0 Å². The van der Waals surface area contributed by atoms with Crippen molar-refractivity contribution in [3.05, 3.63) is 47.7 Å². The second-order valence-corrected chi connectivity index (χ2v) is 5.78. The topological polar surface area (TPSA) is 74.7 Å². The number of pyridine rings is 1. The Morgan fingerprint density at radius 3 is 2.54 bits per heavy atom. The third-order valence-electron chi connectivity index (χ3n) is 3.23. The quantitative estimate of drug-likeness (QED) is 0.393. The number of halogens is 2. The molecule has 0 aliphatic heterocycles. The molecule has 0 N–H and O–H groups in total. The van der Waals surface area contributed by atoms with Crippen molar-refractivity contribution < 1.29 is 32.6 Å². The number of aromatic nitrogens is 1. The molecule has 0 aliphatic rings. The fourth-order valence-electron chi connectivity index (χ4n) is 2.03. The molecular weight excluding hydrogens is 368 g/mol. The monoisotopic (exact) mass is 383 g/mol. The van der Waals surface area contributed by atoms with Crippen LogP contribution in [0.2, 0.25) is 0 Å². The molecule has 26 heavy (non-hydrogen) atoms. The Kier molecular flexibility index (Phi) is 6.90. The van der Waals surface area contributed by atoms with Crippen LogP contribution in [0, 0.1) is 0 Å². The maximum atomic E-state index is 12.5. The van der Waals surface area contributed by atoms with Crippen LogP contribution in [0.1, 0.15) is 20.7 Å². The van der Waals surface area contributed by atoms with Crippen LogP contribution in [0.5, 0.6) is 11.5 Å². The van der Waals surface area contributed by atoms with E-state index < -0.39 is 24.1 Å². The van der Waals surface area contributed by atoms with Gasteiger partial charge in [-0.05, 0) is 42.1 Å². The zero-order valence-electron chi connectivity index (χ0n) is 13.9. The molecule has 138 valence electrons. The number of carbonyl (C=O) groups excluding carboxylic acids is 2. The van der Waals surface area contributed by atoms with Crippen molar-refractivity contribution in [3.8, 4) is 11.5 Å². The van der Waals surface area contributed by atoms with E-state index in [2.05, 4.69) is 4.98 Å². The van der Waals surface area contributed by atoms with Crippen molar-refractivity contribution in [2.45, 2.75) is 10.8 Å². The lowest BCUT2D eigenvalue weighted by Crippen LogP contribution is -2.15. The van der Waals surface area contributed by atoms with E-state index in [1.165, 1.54) is 44.7 Å². The molecule has 1 aromatic heterocycles. The number of hydrogen-bond acceptors (Lipinski definition) is 7. The van der Waals surface area contributed by atoms with Gasteiger partial charge in [-0.2, -0.15) is 8.78 Å². The number of Topliss-reactive ketones (excluding diaryl/α,β-unsaturated/α-hetero) is 1. The smallest absolute Gasteiger partial charge is 0.341 e. The summed E-state index contributed by atoms with van der Waals surface area (Å²) in [6, 6.07) is 7.23. The second-order valence-electron chi connectivity index (χ2n) is 4.80. The van der Waals surface area contributed by atoms with Crippen LogP contribution in [0.25, 0.3) is 0 Å². The SMILES string of the molecule is COc1ccc(C(=O)COC(=O)c2cccnc2SC(F)F)cc1OC. The number of benzene rings is 1. The number of ketones is 1. The molecular formula is C17H15F2NO5S. The van der Waals surface area contributed by atoms with E-state index in [9.17, 15) is 18.4 Å². The minimum Gasteiger partial charge on any atom is -0.493 e. The first-order valence-corrected chi connectivity index (χ1v) is 8.16. The molecule has 0 unspecified atom stereocenters. The molecule has 0 fully saturated rings. The Morgan fingerprint density at radius 1 is 1.15 bits per heavy atom.